The molecule has 4 heteroatoms. The van der Waals surface area contributed by atoms with Crippen LogP contribution in [-0.2, 0) is 0 Å². The topological polar surface area (TPSA) is 66.7 Å². The Bertz CT molecular complexity index is 249. The molecule has 0 amide bonds. The highest BCUT2D eigenvalue weighted by molar-refractivity contribution is 5.42. The van der Waals surface area contributed by atoms with Crippen molar-refractivity contribution in [3.8, 4) is 0 Å². The third kappa shape index (κ3) is 1.30. The highest BCUT2D eigenvalue weighted by Crippen LogP contribution is 2.24. The molecule has 1 aromatic heterocycles. The van der Waals surface area contributed by atoms with E-state index in [1.165, 1.54) is 12.8 Å². The molecule has 1 aliphatic rings. The Labute approximate surface area is 71.5 Å². The van der Waals surface area contributed by atoms with E-state index >= 15 is 0 Å². The van der Waals surface area contributed by atoms with E-state index in [4.69, 9.17) is 5.73 Å². The monoisotopic (exact) mass is 166 g/mol. The Morgan fingerprint density at radius 1 is 1.58 bits per heavy atom. The van der Waals surface area contributed by atoms with Gasteiger partial charge in [-0.15, -0.1) is 0 Å². The number of hydrogen-bond acceptors (Lipinski definition) is 3. The summed E-state index contributed by atoms with van der Waals surface area (Å²) in [6.45, 7) is 2.15. The van der Waals surface area contributed by atoms with Crippen molar-refractivity contribution in [3.05, 3.63) is 11.9 Å². The SMILES string of the molecule is Nc1cn[nH]c1[C@@H]1CCCNC1. The summed E-state index contributed by atoms with van der Waals surface area (Å²) in [7, 11) is 0. The largest absolute Gasteiger partial charge is 0.396 e. The lowest BCUT2D eigenvalue weighted by Gasteiger charge is -2.21. The molecular formula is C8H14N4. The number of aromatic amines is 1. The van der Waals surface area contributed by atoms with Crippen LogP contribution in [0.5, 0.6) is 0 Å². The smallest absolute Gasteiger partial charge is 0.0733 e. The van der Waals surface area contributed by atoms with E-state index in [1.54, 1.807) is 6.20 Å². The molecule has 1 aliphatic heterocycles. The number of nitrogens with zero attached hydrogens (tertiary/aromatic N) is 1. The molecule has 1 fully saturated rings. The van der Waals surface area contributed by atoms with Gasteiger partial charge in [-0.3, -0.25) is 5.10 Å². The minimum atomic E-state index is 0.529. The number of hydrogen-bond donors (Lipinski definition) is 3. The Morgan fingerprint density at radius 2 is 2.50 bits per heavy atom. The average Bonchev–Trinajstić information content (AvgIpc) is 2.53. The van der Waals surface area contributed by atoms with Gasteiger partial charge in [-0.25, -0.2) is 0 Å². The zero-order chi connectivity index (χ0) is 8.39. The molecule has 1 atom stereocenters. The van der Waals surface area contributed by atoms with Gasteiger partial charge in [-0.1, -0.05) is 0 Å². The zero-order valence-corrected chi connectivity index (χ0v) is 7.01. The van der Waals surface area contributed by atoms with E-state index in [-0.39, 0.29) is 0 Å². The normalized spacial score (nSPS) is 24.2. The van der Waals surface area contributed by atoms with Gasteiger partial charge < -0.3 is 11.1 Å². The number of nitrogen functional groups attached to an aromatic ring is 1. The lowest BCUT2D eigenvalue weighted by atomic mass is 9.96. The average molecular weight is 166 g/mol. The molecule has 0 saturated carbocycles. The molecule has 2 rings (SSSR count). The highest BCUT2D eigenvalue weighted by atomic mass is 15.1. The van der Waals surface area contributed by atoms with Crippen molar-refractivity contribution in [1.82, 2.24) is 15.5 Å². The van der Waals surface area contributed by atoms with Crippen LogP contribution in [-0.4, -0.2) is 23.3 Å². The fourth-order valence-electron chi connectivity index (χ4n) is 1.73. The molecule has 0 bridgehead atoms. The van der Waals surface area contributed by atoms with Gasteiger partial charge in [0.25, 0.3) is 0 Å². The van der Waals surface area contributed by atoms with Gasteiger partial charge in [0.2, 0.25) is 0 Å². The molecule has 0 aliphatic carbocycles. The molecular weight excluding hydrogens is 152 g/mol. The second kappa shape index (κ2) is 3.15. The third-order valence-corrected chi connectivity index (χ3v) is 2.40. The van der Waals surface area contributed by atoms with Gasteiger partial charge in [0.05, 0.1) is 17.6 Å². The Balaban J connectivity index is 2.13. The van der Waals surface area contributed by atoms with Crippen molar-refractivity contribution in [1.29, 1.82) is 0 Å². The molecule has 1 saturated heterocycles. The fraction of sp³-hybridized carbons (Fsp3) is 0.625. The third-order valence-electron chi connectivity index (χ3n) is 2.40. The molecule has 0 spiro atoms. The summed E-state index contributed by atoms with van der Waals surface area (Å²) in [5, 5.41) is 10.2. The summed E-state index contributed by atoms with van der Waals surface area (Å²) < 4.78 is 0. The maximum atomic E-state index is 5.75. The van der Waals surface area contributed by atoms with Crippen molar-refractivity contribution < 1.29 is 0 Å². The van der Waals surface area contributed by atoms with Gasteiger partial charge in [-0.2, -0.15) is 5.10 Å². The summed E-state index contributed by atoms with van der Waals surface area (Å²) in [5.74, 6) is 0.529. The quantitative estimate of drug-likeness (QED) is 0.567. The van der Waals surface area contributed by atoms with Crippen molar-refractivity contribution in [2.45, 2.75) is 18.8 Å². The lowest BCUT2D eigenvalue weighted by Crippen LogP contribution is -2.28. The van der Waals surface area contributed by atoms with E-state index in [0.717, 1.165) is 24.5 Å². The van der Waals surface area contributed by atoms with Crippen LogP contribution in [0.1, 0.15) is 24.5 Å². The summed E-state index contributed by atoms with van der Waals surface area (Å²) in [5.41, 5.74) is 7.64. The van der Waals surface area contributed by atoms with Gasteiger partial charge in [0.1, 0.15) is 0 Å². The van der Waals surface area contributed by atoms with Crippen LogP contribution in [0.25, 0.3) is 0 Å². The number of nitrogens with one attached hydrogen (secondary N) is 2. The van der Waals surface area contributed by atoms with Gasteiger partial charge in [0, 0.05) is 12.5 Å². The van der Waals surface area contributed by atoms with Crippen molar-refractivity contribution >= 4 is 5.69 Å². The van der Waals surface area contributed by atoms with Crippen molar-refractivity contribution in [2.24, 2.45) is 0 Å². The van der Waals surface area contributed by atoms with Crippen molar-refractivity contribution in [2.75, 3.05) is 18.8 Å². The molecule has 66 valence electrons. The minimum Gasteiger partial charge on any atom is -0.396 e. The minimum absolute atomic E-state index is 0.529. The molecule has 4 nitrogen and oxygen atoms in total. The second-order valence-corrected chi connectivity index (χ2v) is 3.28. The van der Waals surface area contributed by atoms with Gasteiger partial charge >= 0.3 is 0 Å². The number of piperidine rings is 1. The van der Waals surface area contributed by atoms with Crippen LogP contribution >= 0.6 is 0 Å². The molecule has 0 aromatic carbocycles. The van der Waals surface area contributed by atoms with Crippen LogP contribution in [0.4, 0.5) is 5.69 Å². The first kappa shape index (κ1) is 7.61. The highest BCUT2D eigenvalue weighted by Gasteiger charge is 2.18. The predicted molar refractivity (Wildman–Crippen MR) is 47.8 cm³/mol. The fourth-order valence-corrected chi connectivity index (χ4v) is 1.73. The molecule has 1 aromatic rings. The first-order valence-electron chi connectivity index (χ1n) is 4.37. The van der Waals surface area contributed by atoms with E-state index < -0.39 is 0 Å². The van der Waals surface area contributed by atoms with Crippen LogP contribution in [0.15, 0.2) is 6.20 Å². The van der Waals surface area contributed by atoms with Gasteiger partial charge in [-0.05, 0) is 19.4 Å². The van der Waals surface area contributed by atoms with E-state index in [2.05, 4.69) is 15.5 Å². The zero-order valence-electron chi connectivity index (χ0n) is 7.01. The van der Waals surface area contributed by atoms with Crippen LogP contribution < -0.4 is 11.1 Å². The number of nitrogens with two attached hydrogens (primary N) is 1. The maximum absolute atomic E-state index is 5.75. The Hall–Kier alpha value is -1.03. The first-order valence-corrected chi connectivity index (χ1v) is 4.37. The van der Waals surface area contributed by atoms with Crippen LogP contribution in [0.2, 0.25) is 0 Å². The number of rotatable bonds is 1. The predicted octanol–water partition coefficient (Wildman–Crippen LogP) is 0.459. The Kier molecular flexibility index (Phi) is 1.99. The summed E-state index contributed by atoms with van der Waals surface area (Å²) in [6, 6.07) is 0. The van der Waals surface area contributed by atoms with Crippen LogP contribution in [0.3, 0.4) is 0 Å². The van der Waals surface area contributed by atoms with Crippen LogP contribution in [0, 0.1) is 0 Å². The van der Waals surface area contributed by atoms with Gasteiger partial charge in [0.15, 0.2) is 0 Å². The molecule has 2 heterocycles. The first-order chi connectivity index (χ1) is 5.88. The van der Waals surface area contributed by atoms with E-state index in [1.807, 2.05) is 0 Å². The summed E-state index contributed by atoms with van der Waals surface area (Å²) >= 11 is 0. The number of anilines is 1. The summed E-state index contributed by atoms with van der Waals surface area (Å²) in [4.78, 5) is 0. The summed E-state index contributed by atoms with van der Waals surface area (Å²) in [6.07, 6.45) is 4.12. The molecule has 4 N–H and O–H groups in total. The number of H-pyrrole nitrogens is 1. The molecule has 12 heavy (non-hydrogen) atoms. The second-order valence-electron chi connectivity index (χ2n) is 3.28. The standard InChI is InChI=1S/C8H14N4/c9-7-5-11-12-8(7)6-2-1-3-10-4-6/h5-6,10H,1-4,9H2,(H,11,12)/t6-/m1/s1. The maximum Gasteiger partial charge on any atom is 0.0733 e. The van der Waals surface area contributed by atoms with Crippen molar-refractivity contribution in [3.63, 3.8) is 0 Å². The Morgan fingerprint density at radius 3 is 3.08 bits per heavy atom. The van der Waals surface area contributed by atoms with E-state index in [0.29, 0.717) is 5.92 Å². The van der Waals surface area contributed by atoms with E-state index in [9.17, 15) is 0 Å². The lowest BCUT2D eigenvalue weighted by molar-refractivity contribution is 0.455. The molecule has 0 unspecified atom stereocenters. The molecule has 0 radical (unpaired) electrons. The number of aromatic nitrogens is 2.